The monoisotopic (exact) mass is 298 g/mol. The number of hydrogen-bond donors (Lipinski definition) is 3. The second-order valence-corrected chi connectivity index (χ2v) is 6.29. The topological polar surface area (TPSA) is 78.4 Å². The smallest absolute Gasteiger partial charge is 0.338 e. The SMILES string of the molecule is CCC(C)C(C)NC(=O)Nc1sc(C)c(C)c1C(=O)O. The summed E-state index contributed by atoms with van der Waals surface area (Å²) in [6.07, 6.45) is 0.971. The molecule has 0 aliphatic carbocycles. The first kappa shape index (κ1) is 16.5. The standard InChI is InChI=1S/C14H22N2O3S/c1-6-7(2)9(4)15-14(19)16-12-11(13(17)18)8(3)10(5)20-12/h7,9H,6H2,1-5H3,(H,17,18)(H2,15,16,19). The molecule has 0 saturated carbocycles. The van der Waals surface area contributed by atoms with E-state index in [2.05, 4.69) is 24.5 Å². The van der Waals surface area contributed by atoms with Crippen molar-refractivity contribution in [1.82, 2.24) is 5.32 Å². The summed E-state index contributed by atoms with van der Waals surface area (Å²) in [5.74, 6) is -0.649. The Hall–Kier alpha value is -1.56. The van der Waals surface area contributed by atoms with E-state index in [9.17, 15) is 14.7 Å². The van der Waals surface area contributed by atoms with E-state index in [0.717, 1.165) is 11.3 Å². The lowest BCUT2D eigenvalue weighted by atomic mass is 10.0. The van der Waals surface area contributed by atoms with Gasteiger partial charge in [0.15, 0.2) is 0 Å². The molecule has 2 atom stereocenters. The van der Waals surface area contributed by atoms with E-state index in [-0.39, 0.29) is 17.6 Å². The first-order valence-electron chi connectivity index (χ1n) is 6.68. The van der Waals surface area contributed by atoms with Crippen molar-refractivity contribution in [2.24, 2.45) is 5.92 Å². The van der Waals surface area contributed by atoms with Crippen LogP contribution < -0.4 is 10.6 Å². The van der Waals surface area contributed by atoms with Crippen LogP contribution >= 0.6 is 11.3 Å². The van der Waals surface area contributed by atoms with Gasteiger partial charge in [-0.3, -0.25) is 5.32 Å². The van der Waals surface area contributed by atoms with Gasteiger partial charge in [0.1, 0.15) is 5.00 Å². The Morgan fingerprint density at radius 3 is 2.40 bits per heavy atom. The summed E-state index contributed by atoms with van der Waals surface area (Å²) in [7, 11) is 0. The first-order valence-corrected chi connectivity index (χ1v) is 7.50. The zero-order valence-electron chi connectivity index (χ0n) is 12.5. The van der Waals surface area contributed by atoms with E-state index in [0.29, 0.717) is 16.5 Å². The lowest BCUT2D eigenvalue weighted by Crippen LogP contribution is -2.39. The Kier molecular flexibility index (Phi) is 5.56. The van der Waals surface area contributed by atoms with Crippen LogP contribution in [0.1, 0.15) is 48.0 Å². The van der Waals surface area contributed by atoms with Crippen LogP contribution in [0, 0.1) is 19.8 Å². The number of carbonyl (C=O) groups excluding carboxylic acids is 1. The lowest BCUT2D eigenvalue weighted by Gasteiger charge is -2.19. The number of hydrogen-bond acceptors (Lipinski definition) is 3. The highest BCUT2D eigenvalue weighted by Crippen LogP contribution is 2.32. The van der Waals surface area contributed by atoms with Crippen molar-refractivity contribution in [2.45, 2.75) is 47.1 Å². The molecule has 0 spiro atoms. The van der Waals surface area contributed by atoms with Gasteiger partial charge >= 0.3 is 12.0 Å². The van der Waals surface area contributed by atoms with Crippen LogP contribution in [0.3, 0.4) is 0 Å². The number of rotatable bonds is 5. The van der Waals surface area contributed by atoms with Crippen molar-refractivity contribution in [3.8, 4) is 0 Å². The average Bonchev–Trinajstić information content (AvgIpc) is 2.63. The molecule has 0 aliphatic rings. The summed E-state index contributed by atoms with van der Waals surface area (Å²) in [5, 5.41) is 15.1. The molecule has 0 aliphatic heterocycles. The van der Waals surface area contributed by atoms with Gasteiger partial charge in [0.2, 0.25) is 0 Å². The van der Waals surface area contributed by atoms with Crippen LogP contribution in [0.4, 0.5) is 9.80 Å². The first-order chi connectivity index (χ1) is 9.27. The number of amides is 2. The summed E-state index contributed by atoms with van der Waals surface area (Å²) in [4.78, 5) is 24.1. The Bertz CT molecular complexity index is 511. The zero-order chi connectivity index (χ0) is 15.4. The van der Waals surface area contributed by atoms with Crippen LogP contribution in [0.15, 0.2) is 0 Å². The van der Waals surface area contributed by atoms with E-state index in [1.165, 1.54) is 11.3 Å². The molecule has 0 aromatic carbocycles. The van der Waals surface area contributed by atoms with E-state index < -0.39 is 5.97 Å². The third-order valence-electron chi connectivity index (χ3n) is 3.68. The summed E-state index contributed by atoms with van der Waals surface area (Å²) >= 11 is 1.29. The van der Waals surface area contributed by atoms with E-state index in [1.807, 2.05) is 13.8 Å². The Morgan fingerprint density at radius 1 is 1.30 bits per heavy atom. The normalized spacial score (nSPS) is 13.7. The van der Waals surface area contributed by atoms with Gasteiger partial charge in [-0.1, -0.05) is 20.3 Å². The second-order valence-electron chi connectivity index (χ2n) is 5.07. The Balaban J connectivity index is 2.81. The fourth-order valence-electron chi connectivity index (χ4n) is 1.81. The van der Waals surface area contributed by atoms with Crippen LogP contribution in [0.25, 0.3) is 0 Å². The fourth-order valence-corrected chi connectivity index (χ4v) is 2.86. The van der Waals surface area contributed by atoms with Crippen molar-refractivity contribution < 1.29 is 14.7 Å². The highest BCUT2D eigenvalue weighted by Gasteiger charge is 2.21. The van der Waals surface area contributed by atoms with Crippen molar-refractivity contribution in [1.29, 1.82) is 0 Å². The van der Waals surface area contributed by atoms with Crippen LogP contribution in [0.2, 0.25) is 0 Å². The molecule has 2 unspecified atom stereocenters. The maximum atomic E-state index is 11.9. The Labute approximate surface area is 123 Å². The number of thiophene rings is 1. The molecule has 2 amide bonds. The number of nitrogens with one attached hydrogen (secondary N) is 2. The number of urea groups is 1. The number of carbonyl (C=O) groups is 2. The molecule has 0 saturated heterocycles. The van der Waals surface area contributed by atoms with Gasteiger partial charge in [-0.2, -0.15) is 0 Å². The number of aryl methyl sites for hydroxylation is 1. The minimum Gasteiger partial charge on any atom is -0.478 e. The molecular weight excluding hydrogens is 276 g/mol. The summed E-state index contributed by atoms with van der Waals surface area (Å²) in [6.45, 7) is 9.66. The molecule has 0 fully saturated rings. The number of carboxylic acid groups (broad SMARTS) is 1. The molecule has 1 aromatic rings. The predicted octanol–water partition coefficient (Wildman–Crippen LogP) is 3.62. The van der Waals surface area contributed by atoms with E-state index in [1.54, 1.807) is 6.92 Å². The van der Waals surface area contributed by atoms with Gasteiger partial charge < -0.3 is 10.4 Å². The molecule has 1 rings (SSSR count). The fraction of sp³-hybridized carbons (Fsp3) is 0.571. The third kappa shape index (κ3) is 3.72. The van der Waals surface area contributed by atoms with Crippen molar-refractivity contribution in [3.63, 3.8) is 0 Å². The minimum absolute atomic E-state index is 0.0374. The maximum absolute atomic E-state index is 11.9. The van der Waals surface area contributed by atoms with Gasteiger partial charge in [-0.05, 0) is 32.3 Å². The number of aromatic carboxylic acids is 1. The molecule has 1 aromatic heterocycles. The molecular formula is C14H22N2O3S. The van der Waals surface area contributed by atoms with Crippen molar-refractivity contribution in [3.05, 3.63) is 16.0 Å². The summed E-state index contributed by atoms with van der Waals surface area (Å²) in [6, 6.07) is -0.322. The zero-order valence-corrected chi connectivity index (χ0v) is 13.4. The minimum atomic E-state index is -1.02. The molecule has 6 heteroatoms. The van der Waals surface area contributed by atoms with Gasteiger partial charge in [0, 0.05) is 10.9 Å². The molecule has 112 valence electrons. The number of anilines is 1. The molecule has 5 nitrogen and oxygen atoms in total. The van der Waals surface area contributed by atoms with Gasteiger partial charge in [-0.15, -0.1) is 11.3 Å². The highest BCUT2D eigenvalue weighted by molar-refractivity contribution is 7.16. The van der Waals surface area contributed by atoms with Gasteiger partial charge in [0.25, 0.3) is 0 Å². The quantitative estimate of drug-likeness (QED) is 0.777. The molecule has 20 heavy (non-hydrogen) atoms. The molecule has 1 heterocycles. The molecule has 0 bridgehead atoms. The van der Waals surface area contributed by atoms with Crippen LogP contribution in [-0.2, 0) is 0 Å². The van der Waals surface area contributed by atoms with E-state index >= 15 is 0 Å². The van der Waals surface area contributed by atoms with Gasteiger partial charge in [0.05, 0.1) is 5.56 Å². The molecule has 0 radical (unpaired) electrons. The van der Waals surface area contributed by atoms with Crippen LogP contribution in [0.5, 0.6) is 0 Å². The predicted molar refractivity (Wildman–Crippen MR) is 81.8 cm³/mol. The lowest BCUT2D eigenvalue weighted by molar-refractivity contribution is 0.0697. The average molecular weight is 298 g/mol. The summed E-state index contributed by atoms with van der Waals surface area (Å²) in [5.41, 5.74) is 0.881. The van der Waals surface area contributed by atoms with Crippen LogP contribution in [-0.4, -0.2) is 23.1 Å². The molecule has 3 N–H and O–H groups in total. The Morgan fingerprint density at radius 2 is 1.90 bits per heavy atom. The van der Waals surface area contributed by atoms with E-state index in [4.69, 9.17) is 0 Å². The van der Waals surface area contributed by atoms with Gasteiger partial charge in [-0.25, -0.2) is 9.59 Å². The van der Waals surface area contributed by atoms with Crippen molar-refractivity contribution >= 4 is 28.3 Å². The third-order valence-corrected chi connectivity index (χ3v) is 4.81. The number of carboxylic acids is 1. The second kappa shape index (κ2) is 6.74. The summed E-state index contributed by atoms with van der Waals surface area (Å²) < 4.78 is 0. The highest BCUT2D eigenvalue weighted by atomic mass is 32.1. The van der Waals surface area contributed by atoms with Crippen molar-refractivity contribution in [2.75, 3.05) is 5.32 Å². The maximum Gasteiger partial charge on any atom is 0.338 e. The largest absolute Gasteiger partial charge is 0.478 e.